The van der Waals surface area contributed by atoms with Crippen LogP contribution in [0.2, 0.25) is 5.02 Å². The Kier molecular flexibility index (Phi) is 3.42. The molecule has 0 saturated carbocycles. The molecule has 78 valence electrons. The molecule has 14 heavy (non-hydrogen) atoms. The van der Waals surface area contributed by atoms with Crippen molar-refractivity contribution in [3.8, 4) is 0 Å². The third-order valence-electron chi connectivity index (χ3n) is 1.84. The van der Waals surface area contributed by atoms with Gasteiger partial charge in [-0.1, -0.05) is 11.6 Å². The van der Waals surface area contributed by atoms with E-state index in [1.165, 1.54) is 6.92 Å². The Labute approximate surface area is 85.3 Å². The van der Waals surface area contributed by atoms with Gasteiger partial charge in [0.15, 0.2) is 0 Å². The average molecular weight is 222 g/mol. The van der Waals surface area contributed by atoms with Crippen LogP contribution in [-0.2, 0) is 0 Å². The summed E-state index contributed by atoms with van der Waals surface area (Å²) in [6.45, 7) is 1.49. The summed E-state index contributed by atoms with van der Waals surface area (Å²) in [7, 11) is 0. The van der Waals surface area contributed by atoms with Crippen LogP contribution in [0, 0.1) is 11.6 Å². The maximum absolute atomic E-state index is 13.3. The smallest absolute Gasteiger partial charge is 0.147 e. The summed E-state index contributed by atoms with van der Waals surface area (Å²) in [5.74, 6) is -1.54. The Bertz CT molecular complexity index is 344. The van der Waals surface area contributed by atoms with E-state index in [2.05, 4.69) is 0 Å². The van der Waals surface area contributed by atoms with Gasteiger partial charge in [-0.15, -0.1) is 0 Å². The zero-order valence-corrected chi connectivity index (χ0v) is 8.22. The van der Waals surface area contributed by atoms with Gasteiger partial charge in [0.25, 0.3) is 0 Å². The minimum Gasteiger partial charge on any atom is -0.387 e. The lowest BCUT2D eigenvalue weighted by Crippen LogP contribution is -2.25. The summed E-state index contributed by atoms with van der Waals surface area (Å²) in [5.41, 5.74) is 5.14. The summed E-state index contributed by atoms with van der Waals surface area (Å²) in [6.07, 6.45) is -1.26. The number of aliphatic hydroxyl groups excluding tert-OH is 1. The number of hydrogen-bond acceptors (Lipinski definition) is 2. The van der Waals surface area contributed by atoms with Crippen molar-refractivity contribution < 1.29 is 13.9 Å². The van der Waals surface area contributed by atoms with Crippen LogP contribution in [0.25, 0.3) is 0 Å². The van der Waals surface area contributed by atoms with E-state index in [1.54, 1.807) is 0 Å². The Balaban J connectivity index is 3.20. The molecular formula is C9H10ClF2NO. The first-order valence-electron chi connectivity index (χ1n) is 4.01. The first-order chi connectivity index (χ1) is 6.43. The van der Waals surface area contributed by atoms with Gasteiger partial charge in [-0.25, -0.2) is 8.78 Å². The van der Waals surface area contributed by atoms with Crippen molar-refractivity contribution in [1.82, 2.24) is 0 Å². The average Bonchev–Trinajstić information content (AvgIpc) is 2.09. The van der Waals surface area contributed by atoms with Gasteiger partial charge in [0.05, 0.1) is 11.1 Å². The zero-order valence-electron chi connectivity index (χ0n) is 7.47. The molecule has 0 aliphatic carbocycles. The predicted molar refractivity (Wildman–Crippen MR) is 50.0 cm³/mol. The summed E-state index contributed by atoms with van der Waals surface area (Å²) in [5, 5.41) is 9.08. The van der Waals surface area contributed by atoms with E-state index in [4.69, 9.17) is 17.3 Å². The summed E-state index contributed by atoms with van der Waals surface area (Å²) >= 11 is 5.40. The fraction of sp³-hybridized carbons (Fsp3) is 0.333. The summed E-state index contributed by atoms with van der Waals surface area (Å²) in [4.78, 5) is 0. The van der Waals surface area contributed by atoms with Crippen LogP contribution in [0.3, 0.4) is 0 Å². The van der Waals surface area contributed by atoms with Gasteiger partial charge in [0.1, 0.15) is 11.6 Å². The number of benzene rings is 1. The van der Waals surface area contributed by atoms with E-state index < -0.39 is 23.8 Å². The summed E-state index contributed by atoms with van der Waals surface area (Å²) < 4.78 is 26.1. The predicted octanol–water partition coefficient (Wildman–Crippen LogP) is 2.00. The second kappa shape index (κ2) is 4.21. The Hall–Kier alpha value is -0.710. The lowest BCUT2D eigenvalue weighted by Gasteiger charge is -2.16. The monoisotopic (exact) mass is 221 g/mol. The van der Waals surface area contributed by atoms with Gasteiger partial charge in [0, 0.05) is 11.6 Å². The Morgan fingerprint density at radius 1 is 1.43 bits per heavy atom. The molecule has 2 nitrogen and oxygen atoms in total. The van der Waals surface area contributed by atoms with Crippen LogP contribution in [-0.4, -0.2) is 11.1 Å². The molecule has 0 spiro atoms. The van der Waals surface area contributed by atoms with Crippen molar-refractivity contribution in [3.05, 3.63) is 34.4 Å². The third kappa shape index (κ3) is 2.20. The molecule has 0 radical (unpaired) electrons. The van der Waals surface area contributed by atoms with E-state index in [1.807, 2.05) is 0 Å². The Morgan fingerprint density at radius 2 is 2.00 bits per heavy atom. The van der Waals surface area contributed by atoms with Crippen molar-refractivity contribution in [2.24, 2.45) is 5.73 Å². The molecule has 0 aliphatic heterocycles. The van der Waals surface area contributed by atoms with E-state index >= 15 is 0 Å². The van der Waals surface area contributed by atoms with Crippen molar-refractivity contribution in [2.75, 3.05) is 0 Å². The molecule has 0 bridgehead atoms. The molecule has 3 N–H and O–H groups in total. The molecule has 0 aliphatic rings. The molecule has 0 fully saturated rings. The molecule has 0 saturated heterocycles. The molecule has 1 aromatic carbocycles. The van der Waals surface area contributed by atoms with Crippen LogP contribution in [0.5, 0.6) is 0 Å². The highest BCUT2D eigenvalue weighted by Crippen LogP contribution is 2.26. The third-order valence-corrected chi connectivity index (χ3v) is 2.11. The first kappa shape index (κ1) is 11.4. The molecular weight excluding hydrogens is 212 g/mol. The SMILES string of the molecule is C[C@@H](N)[C@@H](O)c1cc(F)cc(Cl)c1F. The van der Waals surface area contributed by atoms with E-state index in [0.717, 1.165) is 12.1 Å². The minimum absolute atomic E-state index is 0.218. The van der Waals surface area contributed by atoms with Crippen LogP contribution in [0.4, 0.5) is 8.78 Å². The second-order valence-corrected chi connectivity index (χ2v) is 3.50. The van der Waals surface area contributed by atoms with Crippen molar-refractivity contribution in [1.29, 1.82) is 0 Å². The fourth-order valence-corrected chi connectivity index (χ4v) is 1.29. The van der Waals surface area contributed by atoms with Gasteiger partial charge in [0.2, 0.25) is 0 Å². The standard InChI is InChI=1S/C9H10ClF2NO/c1-4(13)9(14)6-2-5(11)3-7(10)8(6)12/h2-4,9,14H,13H2,1H3/t4-,9-/m1/s1. The highest BCUT2D eigenvalue weighted by Gasteiger charge is 2.19. The molecule has 2 atom stereocenters. The first-order valence-corrected chi connectivity index (χ1v) is 4.39. The van der Waals surface area contributed by atoms with Gasteiger partial charge < -0.3 is 10.8 Å². The van der Waals surface area contributed by atoms with E-state index in [0.29, 0.717) is 0 Å². The second-order valence-electron chi connectivity index (χ2n) is 3.09. The van der Waals surface area contributed by atoms with Gasteiger partial charge in [-0.2, -0.15) is 0 Å². The lowest BCUT2D eigenvalue weighted by atomic mass is 10.0. The number of halogens is 3. The van der Waals surface area contributed by atoms with Crippen molar-refractivity contribution in [2.45, 2.75) is 19.1 Å². The molecule has 0 amide bonds. The molecule has 0 unspecified atom stereocenters. The molecule has 0 aromatic heterocycles. The van der Waals surface area contributed by atoms with Gasteiger partial charge in [-0.3, -0.25) is 0 Å². The fourth-order valence-electron chi connectivity index (χ4n) is 1.07. The number of hydrogen-bond donors (Lipinski definition) is 2. The van der Waals surface area contributed by atoms with Gasteiger partial charge in [-0.05, 0) is 19.1 Å². The van der Waals surface area contributed by atoms with E-state index in [-0.39, 0.29) is 10.6 Å². The number of aliphatic hydroxyl groups is 1. The van der Waals surface area contributed by atoms with Crippen molar-refractivity contribution in [3.63, 3.8) is 0 Å². The lowest BCUT2D eigenvalue weighted by molar-refractivity contribution is 0.148. The van der Waals surface area contributed by atoms with Crippen LogP contribution in [0.1, 0.15) is 18.6 Å². The quantitative estimate of drug-likeness (QED) is 0.751. The number of nitrogens with two attached hydrogens (primary N) is 1. The molecule has 5 heteroatoms. The summed E-state index contributed by atoms with van der Waals surface area (Å²) in [6, 6.07) is 1.03. The maximum Gasteiger partial charge on any atom is 0.147 e. The topological polar surface area (TPSA) is 46.2 Å². The minimum atomic E-state index is -1.26. The normalized spacial score (nSPS) is 15.3. The Morgan fingerprint density at radius 3 is 2.50 bits per heavy atom. The highest BCUT2D eigenvalue weighted by atomic mass is 35.5. The molecule has 1 rings (SSSR count). The maximum atomic E-state index is 13.3. The van der Waals surface area contributed by atoms with Gasteiger partial charge >= 0.3 is 0 Å². The highest BCUT2D eigenvalue weighted by molar-refractivity contribution is 6.30. The number of rotatable bonds is 2. The zero-order chi connectivity index (χ0) is 10.9. The molecule has 1 aromatic rings. The van der Waals surface area contributed by atoms with Crippen LogP contribution >= 0.6 is 11.6 Å². The van der Waals surface area contributed by atoms with Crippen molar-refractivity contribution >= 4 is 11.6 Å². The van der Waals surface area contributed by atoms with Crippen LogP contribution in [0.15, 0.2) is 12.1 Å². The van der Waals surface area contributed by atoms with Crippen LogP contribution < -0.4 is 5.73 Å². The largest absolute Gasteiger partial charge is 0.387 e. The van der Waals surface area contributed by atoms with E-state index in [9.17, 15) is 13.9 Å². The molecule has 0 heterocycles.